The average molecular weight is 514 g/mol. The maximum absolute atomic E-state index is 15.2. The first kappa shape index (κ1) is 27.0. The predicted molar refractivity (Wildman–Crippen MR) is 151 cm³/mol. The fourth-order valence-corrected chi connectivity index (χ4v) is 7.12. The first-order valence-electron chi connectivity index (χ1n) is 12.8. The van der Waals surface area contributed by atoms with Crippen molar-refractivity contribution >= 4 is 7.75 Å². The summed E-state index contributed by atoms with van der Waals surface area (Å²) in [6, 6.07) is 39.5. The van der Waals surface area contributed by atoms with E-state index in [1.165, 1.54) is 0 Å². The van der Waals surface area contributed by atoms with Crippen molar-refractivity contribution in [3.05, 3.63) is 144 Å². The van der Waals surface area contributed by atoms with Crippen molar-refractivity contribution in [2.24, 2.45) is 0 Å². The molecule has 0 spiro atoms. The van der Waals surface area contributed by atoms with Crippen molar-refractivity contribution in [2.75, 3.05) is 0 Å². The van der Waals surface area contributed by atoms with Gasteiger partial charge in [-0.3, -0.25) is 9.05 Å². The van der Waals surface area contributed by atoms with Gasteiger partial charge in [0.2, 0.25) is 0 Å². The summed E-state index contributed by atoms with van der Waals surface area (Å²) in [5.74, 6) is 0. The van der Waals surface area contributed by atoms with Crippen LogP contribution in [0.2, 0.25) is 0 Å². The van der Waals surface area contributed by atoms with Gasteiger partial charge in [0.1, 0.15) is 12.2 Å². The van der Waals surface area contributed by atoms with Crippen molar-refractivity contribution in [3.63, 3.8) is 0 Å². The second-order valence-corrected chi connectivity index (χ2v) is 11.5. The topological polar surface area (TPSA) is 38.8 Å². The van der Waals surface area contributed by atoms with Crippen LogP contribution in [0.1, 0.15) is 62.2 Å². The minimum atomic E-state index is -3.88. The van der Waals surface area contributed by atoms with E-state index in [1.54, 1.807) is 0 Å². The first-order chi connectivity index (χ1) is 17.9. The Morgan fingerprint density at radius 2 is 0.730 bits per heavy atom. The first-order valence-corrected chi connectivity index (χ1v) is 14.3. The van der Waals surface area contributed by atoms with Crippen LogP contribution >= 0.6 is 7.75 Å². The summed E-state index contributed by atoms with van der Waals surface area (Å²) >= 11 is 0. The maximum atomic E-state index is 15.2. The summed E-state index contributed by atoms with van der Waals surface area (Å²) in [4.78, 5) is 0. The van der Waals surface area contributed by atoms with E-state index in [2.05, 4.69) is 0 Å². The smallest absolute Gasteiger partial charge is 0.284 e. The molecule has 0 radical (unpaired) electrons. The molecular formula is C32H36NO3P. The molecule has 0 amide bonds. The summed E-state index contributed by atoms with van der Waals surface area (Å²) in [6.45, 7) is 8.11. The highest BCUT2D eigenvalue weighted by Crippen LogP contribution is 2.61. The number of hydrogen-bond acceptors (Lipinski definition) is 3. The predicted octanol–water partition coefficient (Wildman–Crippen LogP) is 8.83. The van der Waals surface area contributed by atoms with Gasteiger partial charge in [0, 0.05) is 12.1 Å². The fraction of sp³-hybridized carbons (Fsp3) is 0.250. The second kappa shape index (κ2) is 12.5. The van der Waals surface area contributed by atoms with Gasteiger partial charge in [-0.1, -0.05) is 121 Å². The number of hydrogen-bond donors (Lipinski definition) is 0. The molecule has 0 unspecified atom stereocenters. The van der Waals surface area contributed by atoms with Crippen LogP contribution < -0.4 is 0 Å². The highest BCUT2D eigenvalue weighted by Gasteiger charge is 2.43. The molecule has 0 saturated heterocycles. The Hall–Kier alpha value is -3.01. The lowest BCUT2D eigenvalue weighted by Crippen LogP contribution is -2.36. The highest BCUT2D eigenvalue weighted by molar-refractivity contribution is 7.51. The zero-order valence-electron chi connectivity index (χ0n) is 22.0. The molecule has 0 aliphatic carbocycles. The molecular weight excluding hydrogens is 477 g/mol. The zero-order chi connectivity index (χ0) is 26.3. The van der Waals surface area contributed by atoms with Crippen LogP contribution in [0, 0.1) is 0 Å². The minimum absolute atomic E-state index is 0.0785. The van der Waals surface area contributed by atoms with Gasteiger partial charge in [-0.25, -0.2) is 9.24 Å². The van der Waals surface area contributed by atoms with Crippen LogP contribution in [0.3, 0.4) is 0 Å². The van der Waals surface area contributed by atoms with Crippen molar-refractivity contribution in [2.45, 2.75) is 52.0 Å². The van der Waals surface area contributed by atoms with Gasteiger partial charge < -0.3 is 0 Å². The molecule has 4 aromatic rings. The third-order valence-corrected chi connectivity index (χ3v) is 8.67. The Kier molecular flexibility index (Phi) is 9.13. The average Bonchev–Trinajstić information content (AvgIpc) is 2.92. The molecule has 37 heavy (non-hydrogen) atoms. The SMILES string of the molecule is CC(C)N(C(C)C)P(=O)(OC(c1ccccc1)c1ccccc1)OC(c1ccccc1)c1ccccc1. The van der Waals surface area contributed by atoms with E-state index in [0.717, 1.165) is 22.3 Å². The van der Waals surface area contributed by atoms with E-state index >= 15 is 4.57 Å². The van der Waals surface area contributed by atoms with E-state index in [1.807, 2.05) is 154 Å². The molecule has 0 atom stereocenters. The van der Waals surface area contributed by atoms with Crippen LogP contribution in [0.4, 0.5) is 0 Å². The van der Waals surface area contributed by atoms with Gasteiger partial charge in [0.25, 0.3) is 0 Å². The lowest BCUT2D eigenvalue weighted by Gasteiger charge is -2.39. The molecule has 0 aliphatic heterocycles. The van der Waals surface area contributed by atoms with Gasteiger partial charge in [-0.15, -0.1) is 0 Å². The molecule has 0 saturated carbocycles. The van der Waals surface area contributed by atoms with E-state index in [0.29, 0.717) is 0 Å². The maximum Gasteiger partial charge on any atom is 0.410 e. The molecule has 0 N–H and O–H groups in total. The van der Waals surface area contributed by atoms with Crippen molar-refractivity contribution in [1.82, 2.24) is 4.67 Å². The molecule has 192 valence electrons. The highest BCUT2D eigenvalue weighted by atomic mass is 31.2. The van der Waals surface area contributed by atoms with Crippen LogP contribution in [0.5, 0.6) is 0 Å². The third kappa shape index (κ3) is 6.66. The Morgan fingerprint density at radius 1 is 0.486 bits per heavy atom. The standard InChI is InChI=1S/C32H36NO3P/c1-25(2)33(26(3)4)37(34,35-31(27-17-9-5-10-18-27)28-19-11-6-12-20-28)36-32(29-21-13-7-14-22-29)30-23-15-8-16-24-30/h5-26,31-32H,1-4H3. The monoisotopic (exact) mass is 513 g/mol. The molecule has 5 heteroatoms. The minimum Gasteiger partial charge on any atom is -0.284 e. The molecule has 0 fully saturated rings. The molecule has 0 aliphatic rings. The number of nitrogens with zero attached hydrogens (tertiary/aromatic N) is 1. The van der Waals surface area contributed by atoms with E-state index < -0.39 is 20.0 Å². The molecule has 0 bridgehead atoms. The summed E-state index contributed by atoms with van der Waals surface area (Å²) in [5.41, 5.74) is 3.67. The largest absolute Gasteiger partial charge is 0.410 e. The van der Waals surface area contributed by atoms with Crippen LogP contribution in [-0.4, -0.2) is 16.8 Å². The van der Waals surface area contributed by atoms with Crippen LogP contribution in [0.15, 0.2) is 121 Å². The summed E-state index contributed by atoms with van der Waals surface area (Å²) in [6.07, 6.45) is -1.14. The fourth-order valence-electron chi connectivity index (χ4n) is 4.70. The van der Waals surface area contributed by atoms with Gasteiger partial charge >= 0.3 is 7.75 Å². The lowest BCUT2D eigenvalue weighted by molar-refractivity contribution is 0.0896. The van der Waals surface area contributed by atoms with Gasteiger partial charge in [0.05, 0.1) is 0 Å². The number of rotatable bonds is 11. The summed E-state index contributed by atoms with van der Waals surface area (Å²) in [5, 5.41) is 0. The quantitative estimate of drug-likeness (QED) is 0.188. The lowest BCUT2D eigenvalue weighted by atomic mass is 10.0. The van der Waals surface area contributed by atoms with Gasteiger partial charge in [0.15, 0.2) is 0 Å². The van der Waals surface area contributed by atoms with Gasteiger partial charge in [-0.05, 0) is 49.9 Å². The van der Waals surface area contributed by atoms with E-state index in [9.17, 15) is 0 Å². The van der Waals surface area contributed by atoms with E-state index in [4.69, 9.17) is 9.05 Å². The Morgan fingerprint density at radius 3 is 0.946 bits per heavy atom. The van der Waals surface area contributed by atoms with Crippen molar-refractivity contribution in [1.29, 1.82) is 0 Å². The van der Waals surface area contributed by atoms with Crippen LogP contribution in [0.25, 0.3) is 0 Å². The summed E-state index contributed by atoms with van der Waals surface area (Å²) < 4.78 is 30.5. The molecule has 4 nitrogen and oxygen atoms in total. The van der Waals surface area contributed by atoms with Gasteiger partial charge in [-0.2, -0.15) is 0 Å². The summed E-state index contributed by atoms with van der Waals surface area (Å²) in [7, 11) is -3.88. The molecule has 0 heterocycles. The molecule has 4 aromatic carbocycles. The van der Waals surface area contributed by atoms with Crippen LogP contribution in [-0.2, 0) is 13.6 Å². The third-order valence-electron chi connectivity index (χ3n) is 6.23. The van der Waals surface area contributed by atoms with Crippen molar-refractivity contribution < 1.29 is 13.6 Å². The van der Waals surface area contributed by atoms with Crippen molar-refractivity contribution in [3.8, 4) is 0 Å². The molecule has 0 aromatic heterocycles. The Bertz CT molecular complexity index is 1090. The number of benzene rings is 4. The molecule has 4 rings (SSSR count). The Labute approximate surface area is 221 Å². The van der Waals surface area contributed by atoms with E-state index in [-0.39, 0.29) is 12.1 Å². The normalized spacial score (nSPS) is 12.2. The Balaban J connectivity index is 1.84. The second-order valence-electron chi connectivity index (χ2n) is 9.65. The zero-order valence-corrected chi connectivity index (χ0v) is 22.9.